The quantitative estimate of drug-likeness (QED) is 0.842. The number of nitrogens with zero attached hydrogens (tertiary/aromatic N) is 3. The molecule has 3 rings (SSSR count). The lowest BCUT2D eigenvalue weighted by molar-refractivity contribution is 0.0689. The van der Waals surface area contributed by atoms with Gasteiger partial charge in [-0.1, -0.05) is 0 Å². The predicted molar refractivity (Wildman–Crippen MR) is 94.4 cm³/mol. The second-order valence-electron chi connectivity index (χ2n) is 6.55. The number of aromatic nitrogens is 2. The van der Waals surface area contributed by atoms with Crippen LogP contribution in [0.1, 0.15) is 45.2 Å². The summed E-state index contributed by atoms with van der Waals surface area (Å²) in [6.07, 6.45) is 1.85. The largest absolute Gasteiger partial charge is 0.476 e. The molecule has 0 unspecified atom stereocenters. The second-order valence-corrected chi connectivity index (χ2v) is 6.55. The van der Waals surface area contributed by atoms with E-state index in [1.54, 1.807) is 19.1 Å². The minimum absolute atomic E-state index is 0.0591. The lowest BCUT2D eigenvalue weighted by Gasteiger charge is -2.32. The monoisotopic (exact) mass is 358 g/mol. The highest BCUT2D eigenvalue weighted by atomic mass is 16.4. The van der Waals surface area contributed by atoms with Crippen molar-refractivity contribution >= 4 is 17.7 Å². The lowest BCUT2D eigenvalue weighted by Crippen LogP contribution is -2.39. The molecule has 0 aromatic carbocycles. The molecule has 0 atom stereocenters. The van der Waals surface area contributed by atoms with Crippen molar-refractivity contribution in [3.05, 3.63) is 41.0 Å². The van der Waals surface area contributed by atoms with Crippen molar-refractivity contribution in [3.63, 3.8) is 0 Å². The molecule has 0 radical (unpaired) electrons. The number of anilines is 1. The van der Waals surface area contributed by atoms with Crippen LogP contribution in [0.3, 0.4) is 0 Å². The van der Waals surface area contributed by atoms with Gasteiger partial charge in [0.2, 0.25) is 0 Å². The lowest BCUT2D eigenvalue weighted by atomic mass is 9.96. The minimum atomic E-state index is -1.08. The summed E-state index contributed by atoms with van der Waals surface area (Å²) in [5.74, 6) is 1.27. The van der Waals surface area contributed by atoms with E-state index in [1.165, 1.54) is 6.07 Å². The molecule has 0 bridgehead atoms. The van der Waals surface area contributed by atoms with Gasteiger partial charge >= 0.3 is 5.97 Å². The van der Waals surface area contributed by atoms with E-state index in [1.807, 2.05) is 6.92 Å². The van der Waals surface area contributed by atoms with Crippen molar-refractivity contribution in [1.82, 2.24) is 15.5 Å². The van der Waals surface area contributed by atoms with Gasteiger partial charge in [0.1, 0.15) is 11.5 Å². The molecular weight excluding hydrogens is 336 g/mol. The Morgan fingerprint density at radius 3 is 2.54 bits per heavy atom. The molecule has 2 aromatic rings. The van der Waals surface area contributed by atoms with Gasteiger partial charge in [0.05, 0.1) is 5.56 Å². The van der Waals surface area contributed by atoms with Gasteiger partial charge in [0.25, 0.3) is 5.91 Å². The van der Waals surface area contributed by atoms with E-state index < -0.39 is 5.97 Å². The van der Waals surface area contributed by atoms with Gasteiger partial charge in [-0.25, -0.2) is 4.79 Å². The van der Waals surface area contributed by atoms with Crippen molar-refractivity contribution < 1.29 is 19.1 Å². The number of carboxylic acids is 1. The molecule has 8 heteroatoms. The molecular formula is C18H22N4O4. The first kappa shape index (κ1) is 17.9. The van der Waals surface area contributed by atoms with Crippen LogP contribution in [-0.2, 0) is 0 Å². The van der Waals surface area contributed by atoms with Gasteiger partial charge < -0.3 is 19.7 Å². The van der Waals surface area contributed by atoms with Crippen molar-refractivity contribution in [2.24, 2.45) is 5.92 Å². The molecule has 0 saturated carbocycles. The summed E-state index contributed by atoms with van der Waals surface area (Å²) in [6.45, 7) is 5.83. The van der Waals surface area contributed by atoms with Crippen molar-refractivity contribution in [2.45, 2.75) is 26.7 Å². The highest BCUT2D eigenvalue weighted by Crippen LogP contribution is 2.21. The van der Waals surface area contributed by atoms with E-state index in [4.69, 9.17) is 9.52 Å². The fourth-order valence-electron chi connectivity index (χ4n) is 3.16. The third-order valence-electron chi connectivity index (χ3n) is 4.65. The van der Waals surface area contributed by atoms with Gasteiger partial charge in [-0.15, -0.1) is 10.2 Å². The Hall–Kier alpha value is -2.90. The number of carbonyl (C=O) groups excluding carboxylic acids is 1. The Bertz CT molecular complexity index is 792. The SMILES string of the molecule is Cc1cc(C(=O)NCC2CCN(c3ccc(C(=O)O)nn3)CC2)c(C)o1. The van der Waals surface area contributed by atoms with Crippen LogP contribution in [0, 0.1) is 19.8 Å². The molecule has 0 aliphatic carbocycles. The number of carbonyl (C=O) groups is 2. The van der Waals surface area contributed by atoms with Crippen LogP contribution < -0.4 is 10.2 Å². The van der Waals surface area contributed by atoms with Crippen LogP contribution in [0.15, 0.2) is 22.6 Å². The zero-order valence-corrected chi connectivity index (χ0v) is 14.9. The van der Waals surface area contributed by atoms with Crippen molar-refractivity contribution in [3.8, 4) is 0 Å². The van der Waals surface area contributed by atoms with Crippen LogP contribution in [0.25, 0.3) is 0 Å². The fourth-order valence-corrected chi connectivity index (χ4v) is 3.16. The third-order valence-corrected chi connectivity index (χ3v) is 4.65. The average molecular weight is 358 g/mol. The number of aryl methyl sites for hydroxylation is 2. The molecule has 3 heterocycles. The van der Waals surface area contributed by atoms with E-state index in [2.05, 4.69) is 20.4 Å². The molecule has 2 N–H and O–H groups in total. The highest BCUT2D eigenvalue weighted by Gasteiger charge is 2.22. The molecule has 1 fully saturated rings. The van der Waals surface area contributed by atoms with Crippen molar-refractivity contribution in [1.29, 1.82) is 0 Å². The number of nitrogens with one attached hydrogen (secondary N) is 1. The Morgan fingerprint density at radius 2 is 2.00 bits per heavy atom. The van der Waals surface area contributed by atoms with E-state index in [0.717, 1.165) is 31.7 Å². The molecule has 138 valence electrons. The predicted octanol–water partition coefficient (Wildman–Crippen LogP) is 2.03. The van der Waals surface area contributed by atoms with Crippen molar-refractivity contribution in [2.75, 3.05) is 24.5 Å². The number of carboxylic acid groups (broad SMARTS) is 1. The summed E-state index contributed by atoms with van der Waals surface area (Å²) in [5.41, 5.74) is 0.532. The maximum Gasteiger partial charge on any atom is 0.356 e. The molecule has 0 spiro atoms. The normalized spacial score (nSPS) is 15.1. The van der Waals surface area contributed by atoms with Gasteiger partial charge in [-0.05, 0) is 50.8 Å². The summed E-state index contributed by atoms with van der Waals surface area (Å²) in [5, 5.41) is 19.6. The number of furan rings is 1. The maximum atomic E-state index is 12.2. The van der Waals surface area contributed by atoms with Crippen LogP contribution in [0.4, 0.5) is 5.82 Å². The average Bonchev–Trinajstić information content (AvgIpc) is 2.98. The maximum absolute atomic E-state index is 12.2. The number of hydrogen-bond acceptors (Lipinski definition) is 6. The fraction of sp³-hybridized carbons (Fsp3) is 0.444. The van der Waals surface area contributed by atoms with Gasteiger partial charge in [0.15, 0.2) is 11.5 Å². The highest BCUT2D eigenvalue weighted by molar-refractivity contribution is 5.95. The molecule has 26 heavy (non-hydrogen) atoms. The second kappa shape index (κ2) is 7.55. The first-order valence-electron chi connectivity index (χ1n) is 8.61. The Balaban J connectivity index is 1.48. The summed E-state index contributed by atoms with van der Waals surface area (Å²) < 4.78 is 5.40. The standard InChI is InChI=1S/C18H22N4O4/c1-11-9-14(12(2)26-11)17(23)19-10-13-5-7-22(8-6-13)16-4-3-15(18(24)25)20-21-16/h3-4,9,13H,5-8,10H2,1-2H3,(H,19,23)(H,24,25). The molecule has 2 aromatic heterocycles. The topological polar surface area (TPSA) is 109 Å². The zero-order chi connectivity index (χ0) is 18.7. The number of piperidine rings is 1. The molecule has 8 nitrogen and oxygen atoms in total. The van der Waals surface area contributed by atoms with Gasteiger partial charge in [-0.3, -0.25) is 4.79 Å². The summed E-state index contributed by atoms with van der Waals surface area (Å²) in [4.78, 5) is 25.2. The zero-order valence-electron chi connectivity index (χ0n) is 14.9. The van der Waals surface area contributed by atoms with Gasteiger partial charge in [0, 0.05) is 19.6 Å². The molecule has 1 aliphatic rings. The van der Waals surface area contributed by atoms with E-state index in [-0.39, 0.29) is 11.6 Å². The summed E-state index contributed by atoms with van der Waals surface area (Å²) in [6, 6.07) is 4.90. The summed E-state index contributed by atoms with van der Waals surface area (Å²) in [7, 11) is 0. The van der Waals surface area contributed by atoms with Crippen LogP contribution in [-0.4, -0.2) is 46.8 Å². The third kappa shape index (κ3) is 4.01. The number of aromatic carboxylic acids is 1. The molecule has 1 aliphatic heterocycles. The van der Waals surface area contributed by atoms with Crippen LogP contribution >= 0.6 is 0 Å². The van der Waals surface area contributed by atoms with Crippen LogP contribution in [0.2, 0.25) is 0 Å². The number of rotatable bonds is 5. The van der Waals surface area contributed by atoms with Gasteiger partial charge in [-0.2, -0.15) is 0 Å². The first-order valence-corrected chi connectivity index (χ1v) is 8.61. The number of amides is 1. The first-order chi connectivity index (χ1) is 12.4. The Morgan fingerprint density at radius 1 is 1.27 bits per heavy atom. The molecule has 1 amide bonds. The Kier molecular flexibility index (Phi) is 5.20. The van der Waals surface area contributed by atoms with Crippen LogP contribution in [0.5, 0.6) is 0 Å². The van der Waals surface area contributed by atoms with E-state index >= 15 is 0 Å². The van der Waals surface area contributed by atoms with E-state index in [9.17, 15) is 9.59 Å². The summed E-state index contributed by atoms with van der Waals surface area (Å²) >= 11 is 0. The molecule has 1 saturated heterocycles. The van der Waals surface area contributed by atoms with E-state index in [0.29, 0.717) is 29.6 Å². The minimum Gasteiger partial charge on any atom is -0.476 e. The number of hydrogen-bond donors (Lipinski definition) is 2. The Labute approximate surface area is 151 Å². The smallest absolute Gasteiger partial charge is 0.356 e.